The Morgan fingerprint density at radius 3 is 2.22 bits per heavy atom. The summed E-state index contributed by atoms with van der Waals surface area (Å²) >= 11 is 0. The van der Waals surface area contributed by atoms with Crippen LogP contribution in [0.2, 0.25) is 0 Å². The van der Waals surface area contributed by atoms with Gasteiger partial charge in [0.05, 0.1) is 5.60 Å². The minimum Gasteiger partial charge on any atom is -0.389 e. The highest BCUT2D eigenvalue weighted by molar-refractivity contribution is 5.12. The average molecular weight is 251 g/mol. The minimum atomic E-state index is -0.461. The lowest BCUT2D eigenvalue weighted by molar-refractivity contribution is -0.144. The Balaban J connectivity index is 1.84. The molecule has 104 valence electrons. The Bertz CT molecular complexity index is 328. The average Bonchev–Trinajstić information content (AvgIpc) is 2.94. The Labute approximate surface area is 111 Å². The van der Waals surface area contributed by atoms with Gasteiger partial charge in [0.1, 0.15) is 0 Å². The number of fused-ring (bicyclic) bond motifs is 2. The van der Waals surface area contributed by atoms with E-state index in [9.17, 15) is 5.11 Å². The summed E-state index contributed by atoms with van der Waals surface area (Å²) in [4.78, 5) is 0. The standard InChI is InChI=1S/C16H29NO/c1-14(2)5-7-16(18,8-6-14)15(11-17)10-12-3-4-13(15)9-12/h12-13,18H,3-11,17H2,1-2H3. The van der Waals surface area contributed by atoms with Gasteiger partial charge in [-0.15, -0.1) is 0 Å². The van der Waals surface area contributed by atoms with E-state index in [0.717, 1.165) is 31.6 Å². The van der Waals surface area contributed by atoms with Gasteiger partial charge >= 0.3 is 0 Å². The summed E-state index contributed by atoms with van der Waals surface area (Å²) in [5, 5.41) is 11.3. The monoisotopic (exact) mass is 251 g/mol. The second kappa shape index (κ2) is 3.96. The van der Waals surface area contributed by atoms with Crippen LogP contribution in [0.15, 0.2) is 0 Å². The van der Waals surface area contributed by atoms with Gasteiger partial charge in [-0.2, -0.15) is 0 Å². The SMILES string of the molecule is CC1(C)CCC(O)(C2(CN)CC3CCC2C3)CC1. The fourth-order valence-electron chi connectivity index (χ4n) is 5.29. The Kier molecular flexibility index (Phi) is 2.84. The van der Waals surface area contributed by atoms with Crippen LogP contribution in [0.3, 0.4) is 0 Å². The third-order valence-corrected chi connectivity index (χ3v) is 6.70. The Hall–Kier alpha value is -0.0800. The fraction of sp³-hybridized carbons (Fsp3) is 1.00. The van der Waals surface area contributed by atoms with Crippen LogP contribution in [0.25, 0.3) is 0 Å². The summed E-state index contributed by atoms with van der Waals surface area (Å²) in [5.41, 5.74) is 6.20. The van der Waals surface area contributed by atoms with E-state index in [1.807, 2.05) is 0 Å². The molecule has 3 unspecified atom stereocenters. The first-order valence-corrected chi connectivity index (χ1v) is 7.83. The highest BCUT2D eigenvalue weighted by Gasteiger charge is 2.61. The summed E-state index contributed by atoms with van der Waals surface area (Å²) < 4.78 is 0. The molecule has 3 fully saturated rings. The molecule has 3 aliphatic rings. The zero-order chi connectivity index (χ0) is 13.0. The van der Waals surface area contributed by atoms with Crippen LogP contribution in [-0.2, 0) is 0 Å². The topological polar surface area (TPSA) is 46.2 Å². The lowest BCUT2D eigenvalue weighted by Gasteiger charge is -2.54. The van der Waals surface area contributed by atoms with Gasteiger partial charge in [-0.3, -0.25) is 0 Å². The molecule has 2 nitrogen and oxygen atoms in total. The van der Waals surface area contributed by atoms with E-state index < -0.39 is 5.60 Å². The van der Waals surface area contributed by atoms with E-state index in [1.54, 1.807) is 0 Å². The van der Waals surface area contributed by atoms with Crippen LogP contribution in [-0.4, -0.2) is 17.3 Å². The molecule has 0 aliphatic heterocycles. The minimum absolute atomic E-state index is 0.0619. The molecule has 0 aromatic carbocycles. The third-order valence-electron chi connectivity index (χ3n) is 6.70. The van der Waals surface area contributed by atoms with Gasteiger partial charge in [0.2, 0.25) is 0 Å². The lowest BCUT2D eigenvalue weighted by Crippen LogP contribution is -2.57. The van der Waals surface area contributed by atoms with Gasteiger partial charge in [0, 0.05) is 12.0 Å². The van der Waals surface area contributed by atoms with Crippen LogP contribution in [0.4, 0.5) is 0 Å². The van der Waals surface area contributed by atoms with Crippen molar-refractivity contribution in [2.45, 2.75) is 70.8 Å². The smallest absolute Gasteiger partial charge is 0.0718 e. The van der Waals surface area contributed by atoms with Crippen LogP contribution >= 0.6 is 0 Å². The zero-order valence-corrected chi connectivity index (χ0v) is 12.0. The lowest BCUT2D eigenvalue weighted by atomic mass is 9.55. The maximum Gasteiger partial charge on any atom is 0.0718 e. The molecule has 0 saturated heterocycles. The number of aliphatic hydroxyl groups is 1. The molecule has 3 atom stereocenters. The van der Waals surface area contributed by atoms with Crippen molar-refractivity contribution < 1.29 is 5.11 Å². The molecule has 18 heavy (non-hydrogen) atoms. The van der Waals surface area contributed by atoms with Gasteiger partial charge in [0.25, 0.3) is 0 Å². The molecule has 0 heterocycles. The normalized spacial score (nSPS) is 45.3. The molecule has 0 aromatic heterocycles. The molecule has 0 amide bonds. The molecule has 3 saturated carbocycles. The van der Waals surface area contributed by atoms with Crippen molar-refractivity contribution in [1.82, 2.24) is 0 Å². The van der Waals surface area contributed by atoms with Crippen LogP contribution in [0.5, 0.6) is 0 Å². The quantitative estimate of drug-likeness (QED) is 0.792. The molecule has 0 spiro atoms. The first-order chi connectivity index (χ1) is 8.41. The van der Waals surface area contributed by atoms with Gasteiger partial charge in [0.15, 0.2) is 0 Å². The summed E-state index contributed by atoms with van der Waals surface area (Å²) in [7, 11) is 0. The van der Waals surface area contributed by atoms with Gasteiger partial charge < -0.3 is 10.8 Å². The van der Waals surface area contributed by atoms with E-state index in [-0.39, 0.29) is 5.41 Å². The van der Waals surface area contributed by atoms with Crippen molar-refractivity contribution >= 4 is 0 Å². The molecule has 3 rings (SSSR count). The third kappa shape index (κ3) is 1.68. The summed E-state index contributed by atoms with van der Waals surface area (Å²) in [5.74, 6) is 1.57. The number of hydrogen-bond donors (Lipinski definition) is 2. The van der Waals surface area contributed by atoms with Crippen LogP contribution in [0.1, 0.15) is 65.2 Å². The maximum absolute atomic E-state index is 11.3. The van der Waals surface area contributed by atoms with Crippen molar-refractivity contribution in [2.75, 3.05) is 6.54 Å². The molecule has 3 N–H and O–H groups in total. The van der Waals surface area contributed by atoms with Crippen molar-refractivity contribution in [3.63, 3.8) is 0 Å². The largest absolute Gasteiger partial charge is 0.389 e. The number of hydrogen-bond acceptors (Lipinski definition) is 2. The highest BCUT2D eigenvalue weighted by atomic mass is 16.3. The molecule has 2 bridgehead atoms. The predicted molar refractivity (Wildman–Crippen MR) is 74.1 cm³/mol. The molecule has 2 heteroatoms. The summed E-state index contributed by atoms with van der Waals surface area (Å²) in [6.45, 7) is 5.37. The summed E-state index contributed by atoms with van der Waals surface area (Å²) in [6.07, 6.45) is 9.49. The van der Waals surface area contributed by atoms with E-state index in [1.165, 1.54) is 25.7 Å². The highest BCUT2D eigenvalue weighted by Crippen LogP contribution is 2.63. The number of nitrogens with two attached hydrogens (primary N) is 1. The van der Waals surface area contributed by atoms with Crippen molar-refractivity contribution in [3.8, 4) is 0 Å². The predicted octanol–water partition coefficient (Wildman–Crippen LogP) is 3.08. The Morgan fingerprint density at radius 1 is 1.11 bits per heavy atom. The molecule has 0 aromatic rings. The second-order valence-corrected chi connectivity index (χ2v) is 8.14. The first kappa shape index (κ1) is 12.9. The molecule has 3 aliphatic carbocycles. The van der Waals surface area contributed by atoms with Gasteiger partial charge in [-0.05, 0) is 62.2 Å². The van der Waals surface area contributed by atoms with E-state index in [0.29, 0.717) is 17.9 Å². The van der Waals surface area contributed by atoms with Crippen molar-refractivity contribution in [2.24, 2.45) is 28.4 Å². The second-order valence-electron chi connectivity index (χ2n) is 8.14. The van der Waals surface area contributed by atoms with Crippen molar-refractivity contribution in [1.29, 1.82) is 0 Å². The van der Waals surface area contributed by atoms with E-state index >= 15 is 0 Å². The fourth-order valence-corrected chi connectivity index (χ4v) is 5.29. The van der Waals surface area contributed by atoms with Gasteiger partial charge in [-0.25, -0.2) is 0 Å². The Morgan fingerprint density at radius 2 is 1.78 bits per heavy atom. The van der Waals surface area contributed by atoms with E-state index in [2.05, 4.69) is 13.8 Å². The first-order valence-electron chi connectivity index (χ1n) is 7.83. The molecule has 0 radical (unpaired) electrons. The van der Waals surface area contributed by atoms with Crippen LogP contribution < -0.4 is 5.73 Å². The molecular weight excluding hydrogens is 222 g/mol. The maximum atomic E-state index is 11.3. The number of rotatable bonds is 2. The van der Waals surface area contributed by atoms with Crippen LogP contribution in [0, 0.1) is 22.7 Å². The van der Waals surface area contributed by atoms with Gasteiger partial charge in [-0.1, -0.05) is 20.3 Å². The molecular formula is C16H29NO. The zero-order valence-electron chi connectivity index (χ0n) is 12.0. The van der Waals surface area contributed by atoms with Crippen molar-refractivity contribution in [3.05, 3.63) is 0 Å². The summed E-state index contributed by atoms with van der Waals surface area (Å²) in [6, 6.07) is 0. The van der Waals surface area contributed by atoms with E-state index in [4.69, 9.17) is 5.73 Å².